The molecule has 1 saturated heterocycles. The number of hydrogen-bond donors (Lipinski definition) is 1. The first-order chi connectivity index (χ1) is 12.1. The summed E-state index contributed by atoms with van der Waals surface area (Å²) in [6.45, 7) is 4.62. The lowest BCUT2D eigenvalue weighted by Gasteiger charge is -2.34. The van der Waals surface area contributed by atoms with Crippen molar-refractivity contribution < 1.29 is 4.79 Å². The number of hydrogen-bond acceptors (Lipinski definition) is 2. The molecule has 0 saturated carbocycles. The molecule has 1 N–H and O–H groups in total. The van der Waals surface area contributed by atoms with Crippen molar-refractivity contribution in [2.24, 2.45) is 0 Å². The van der Waals surface area contributed by atoms with Gasteiger partial charge in [-0.3, -0.25) is 4.90 Å². The quantitative estimate of drug-likeness (QED) is 0.872. The molecule has 0 radical (unpaired) electrons. The first kappa shape index (κ1) is 18.1. The van der Waals surface area contributed by atoms with Crippen molar-refractivity contribution in [1.82, 2.24) is 15.1 Å². The highest BCUT2D eigenvalue weighted by molar-refractivity contribution is 6.30. The third kappa shape index (κ3) is 5.36. The van der Waals surface area contributed by atoms with Crippen LogP contribution in [-0.4, -0.2) is 42.0 Å². The number of benzene rings is 2. The van der Waals surface area contributed by atoms with Gasteiger partial charge in [-0.15, -0.1) is 0 Å². The molecule has 0 aliphatic carbocycles. The molecular formula is C19H21Cl2N3O. The van der Waals surface area contributed by atoms with Gasteiger partial charge in [0.25, 0.3) is 0 Å². The zero-order valence-corrected chi connectivity index (χ0v) is 15.4. The van der Waals surface area contributed by atoms with Gasteiger partial charge in [0, 0.05) is 49.3 Å². The minimum atomic E-state index is -0.0129. The molecule has 2 amide bonds. The van der Waals surface area contributed by atoms with E-state index < -0.39 is 0 Å². The molecular weight excluding hydrogens is 357 g/mol. The summed E-state index contributed by atoms with van der Waals surface area (Å²) >= 11 is 11.8. The van der Waals surface area contributed by atoms with Gasteiger partial charge in [0.1, 0.15) is 0 Å². The molecule has 1 fully saturated rings. The summed E-state index contributed by atoms with van der Waals surface area (Å²) < 4.78 is 0. The number of carbonyl (C=O) groups is 1. The molecule has 132 valence electrons. The Morgan fingerprint density at radius 2 is 1.36 bits per heavy atom. The Hall–Kier alpha value is -1.75. The van der Waals surface area contributed by atoms with Gasteiger partial charge >= 0.3 is 6.03 Å². The Labute approximate surface area is 158 Å². The van der Waals surface area contributed by atoms with E-state index in [0.717, 1.165) is 43.3 Å². The second-order valence-electron chi connectivity index (χ2n) is 6.17. The lowest BCUT2D eigenvalue weighted by atomic mass is 10.2. The number of nitrogens with one attached hydrogen (secondary N) is 1. The van der Waals surface area contributed by atoms with E-state index in [1.54, 1.807) is 0 Å². The van der Waals surface area contributed by atoms with Crippen molar-refractivity contribution in [2.45, 2.75) is 13.1 Å². The Morgan fingerprint density at radius 3 is 1.92 bits per heavy atom. The van der Waals surface area contributed by atoms with Gasteiger partial charge in [0.2, 0.25) is 0 Å². The fourth-order valence-electron chi connectivity index (χ4n) is 2.85. The van der Waals surface area contributed by atoms with E-state index in [1.165, 1.54) is 5.56 Å². The van der Waals surface area contributed by atoms with E-state index >= 15 is 0 Å². The zero-order chi connectivity index (χ0) is 17.6. The minimum absolute atomic E-state index is 0.0129. The van der Waals surface area contributed by atoms with Crippen molar-refractivity contribution in [3.05, 3.63) is 69.7 Å². The van der Waals surface area contributed by atoms with E-state index in [1.807, 2.05) is 53.4 Å². The van der Waals surface area contributed by atoms with Gasteiger partial charge in [0.05, 0.1) is 0 Å². The van der Waals surface area contributed by atoms with E-state index in [0.29, 0.717) is 11.6 Å². The molecule has 0 atom stereocenters. The highest BCUT2D eigenvalue weighted by Crippen LogP contribution is 2.13. The van der Waals surface area contributed by atoms with E-state index in [4.69, 9.17) is 23.2 Å². The standard InChI is InChI=1S/C19H21Cl2N3O/c20-17-5-1-15(2-6-17)13-22-19(25)24-11-9-23(10-12-24)14-16-3-7-18(21)8-4-16/h1-8H,9-14H2,(H,22,25). The molecule has 0 aromatic heterocycles. The van der Waals surface area contributed by atoms with Crippen LogP contribution in [0.2, 0.25) is 10.0 Å². The van der Waals surface area contributed by atoms with Crippen LogP contribution in [0.1, 0.15) is 11.1 Å². The predicted molar refractivity (Wildman–Crippen MR) is 102 cm³/mol. The molecule has 0 bridgehead atoms. The molecule has 1 heterocycles. The summed E-state index contributed by atoms with van der Waals surface area (Å²) in [5.74, 6) is 0. The van der Waals surface area contributed by atoms with E-state index in [9.17, 15) is 4.79 Å². The summed E-state index contributed by atoms with van der Waals surface area (Å²) in [7, 11) is 0. The Kier molecular flexibility index (Phi) is 6.19. The third-order valence-corrected chi connectivity index (χ3v) is 4.84. The SMILES string of the molecule is O=C(NCc1ccc(Cl)cc1)N1CCN(Cc2ccc(Cl)cc2)CC1. The number of urea groups is 1. The third-order valence-electron chi connectivity index (χ3n) is 4.34. The Bertz CT molecular complexity index is 696. The van der Waals surface area contributed by atoms with Crippen LogP contribution in [0.4, 0.5) is 4.79 Å². The maximum Gasteiger partial charge on any atom is 0.317 e. The van der Waals surface area contributed by atoms with Crippen LogP contribution < -0.4 is 5.32 Å². The monoisotopic (exact) mass is 377 g/mol. The van der Waals surface area contributed by atoms with E-state index in [2.05, 4.69) is 10.2 Å². The van der Waals surface area contributed by atoms with Gasteiger partial charge in [0.15, 0.2) is 0 Å². The molecule has 0 unspecified atom stereocenters. The number of rotatable bonds is 4. The molecule has 25 heavy (non-hydrogen) atoms. The van der Waals surface area contributed by atoms with Crippen LogP contribution in [0.15, 0.2) is 48.5 Å². The number of amides is 2. The predicted octanol–water partition coefficient (Wildman–Crippen LogP) is 4.02. The van der Waals surface area contributed by atoms with Crippen LogP contribution in [0.25, 0.3) is 0 Å². The largest absolute Gasteiger partial charge is 0.334 e. The topological polar surface area (TPSA) is 35.6 Å². The zero-order valence-electron chi connectivity index (χ0n) is 13.9. The van der Waals surface area contributed by atoms with Gasteiger partial charge in [-0.2, -0.15) is 0 Å². The molecule has 1 aliphatic heterocycles. The lowest BCUT2D eigenvalue weighted by Crippen LogP contribution is -2.51. The first-order valence-corrected chi connectivity index (χ1v) is 9.10. The summed E-state index contributed by atoms with van der Waals surface area (Å²) in [4.78, 5) is 16.5. The normalized spacial score (nSPS) is 15.2. The van der Waals surface area contributed by atoms with Gasteiger partial charge in [-0.25, -0.2) is 4.79 Å². The number of carbonyl (C=O) groups excluding carboxylic acids is 1. The van der Waals surface area contributed by atoms with Crippen molar-refractivity contribution in [2.75, 3.05) is 26.2 Å². The summed E-state index contributed by atoms with van der Waals surface area (Å²) in [6, 6.07) is 15.4. The summed E-state index contributed by atoms with van der Waals surface area (Å²) in [5.41, 5.74) is 2.28. The molecule has 4 nitrogen and oxygen atoms in total. The molecule has 0 spiro atoms. The summed E-state index contributed by atoms with van der Waals surface area (Å²) in [5, 5.41) is 4.43. The van der Waals surface area contributed by atoms with E-state index in [-0.39, 0.29) is 6.03 Å². The van der Waals surface area contributed by atoms with Crippen LogP contribution in [0.3, 0.4) is 0 Å². The van der Waals surface area contributed by atoms with Gasteiger partial charge in [-0.05, 0) is 35.4 Å². The second kappa shape index (κ2) is 8.56. The average Bonchev–Trinajstić information content (AvgIpc) is 2.63. The first-order valence-electron chi connectivity index (χ1n) is 8.34. The molecule has 1 aliphatic rings. The molecule has 2 aromatic rings. The fraction of sp³-hybridized carbons (Fsp3) is 0.316. The molecule has 3 rings (SSSR count). The van der Waals surface area contributed by atoms with Crippen LogP contribution >= 0.6 is 23.2 Å². The molecule has 2 aromatic carbocycles. The van der Waals surface area contributed by atoms with Gasteiger partial charge < -0.3 is 10.2 Å². The fourth-order valence-corrected chi connectivity index (χ4v) is 3.10. The number of halogens is 2. The number of piperazine rings is 1. The van der Waals surface area contributed by atoms with Crippen molar-refractivity contribution in [3.8, 4) is 0 Å². The maximum absolute atomic E-state index is 12.3. The molecule has 6 heteroatoms. The Morgan fingerprint density at radius 1 is 0.840 bits per heavy atom. The van der Waals surface area contributed by atoms with Crippen molar-refractivity contribution in [1.29, 1.82) is 0 Å². The highest BCUT2D eigenvalue weighted by atomic mass is 35.5. The maximum atomic E-state index is 12.3. The lowest BCUT2D eigenvalue weighted by molar-refractivity contribution is 0.135. The van der Waals surface area contributed by atoms with Gasteiger partial charge in [-0.1, -0.05) is 47.5 Å². The second-order valence-corrected chi connectivity index (χ2v) is 7.05. The highest BCUT2D eigenvalue weighted by Gasteiger charge is 2.20. The summed E-state index contributed by atoms with van der Waals surface area (Å²) in [6.07, 6.45) is 0. The van der Waals surface area contributed by atoms with Crippen LogP contribution in [-0.2, 0) is 13.1 Å². The number of nitrogens with zero attached hydrogens (tertiary/aromatic N) is 2. The smallest absolute Gasteiger partial charge is 0.317 e. The average molecular weight is 378 g/mol. The Balaban J connectivity index is 1.42. The van der Waals surface area contributed by atoms with Crippen molar-refractivity contribution in [3.63, 3.8) is 0 Å². The van der Waals surface area contributed by atoms with Crippen LogP contribution in [0.5, 0.6) is 0 Å². The minimum Gasteiger partial charge on any atom is -0.334 e. The van der Waals surface area contributed by atoms with Crippen molar-refractivity contribution >= 4 is 29.2 Å². The van der Waals surface area contributed by atoms with Crippen LogP contribution in [0, 0.1) is 0 Å².